The maximum absolute atomic E-state index is 12.0. The Kier molecular flexibility index (Phi) is 9.86. The molecule has 0 unspecified atom stereocenters. The van der Waals surface area contributed by atoms with Crippen LogP contribution in [0.3, 0.4) is 0 Å². The topological polar surface area (TPSA) is 132 Å². The maximum atomic E-state index is 12.0. The summed E-state index contributed by atoms with van der Waals surface area (Å²) in [7, 11) is 0. The van der Waals surface area contributed by atoms with Crippen LogP contribution in [0.4, 0.5) is 5.69 Å². The minimum absolute atomic E-state index is 0. The van der Waals surface area contributed by atoms with Crippen molar-refractivity contribution in [1.82, 2.24) is 5.32 Å². The molecule has 10 heteroatoms. The lowest BCUT2D eigenvalue weighted by atomic mass is 10.0. The highest BCUT2D eigenvalue weighted by Gasteiger charge is 2.32. The minimum atomic E-state index is 0. The summed E-state index contributed by atoms with van der Waals surface area (Å²) < 4.78 is 17.4. The standard InChI is InChI=1S/C20H29N5O4.ClH/c21-9-3-1-2-4-10-23-16(26)6-5-11-27-18-14-7-12-28-19(14)17(24-25-22)20-15(18)8-13-29-20;/h1-13,21H2,(H,23,26);1H. The van der Waals surface area contributed by atoms with Gasteiger partial charge in [0, 0.05) is 41.8 Å². The van der Waals surface area contributed by atoms with Crippen molar-refractivity contribution in [2.45, 2.75) is 51.4 Å². The Morgan fingerprint density at radius 3 is 2.40 bits per heavy atom. The molecule has 0 radical (unpaired) electrons. The summed E-state index contributed by atoms with van der Waals surface area (Å²) >= 11 is 0. The van der Waals surface area contributed by atoms with Crippen molar-refractivity contribution < 1.29 is 19.0 Å². The van der Waals surface area contributed by atoms with Gasteiger partial charge in [0.1, 0.15) is 22.9 Å². The second-order valence-corrected chi connectivity index (χ2v) is 7.18. The van der Waals surface area contributed by atoms with Crippen molar-refractivity contribution in [2.24, 2.45) is 10.8 Å². The Hall–Kier alpha value is -2.35. The summed E-state index contributed by atoms with van der Waals surface area (Å²) in [6.45, 7) is 2.92. The number of hydrogen-bond donors (Lipinski definition) is 2. The summed E-state index contributed by atoms with van der Waals surface area (Å²) in [5.41, 5.74) is 16.6. The van der Waals surface area contributed by atoms with Crippen molar-refractivity contribution in [3.63, 3.8) is 0 Å². The lowest BCUT2D eigenvalue weighted by Gasteiger charge is -2.16. The van der Waals surface area contributed by atoms with Crippen molar-refractivity contribution >= 4 is 24.0 Å². The molecule has 2 aliphatic heterocycles. The number of hydrogen-bond acceptors (Lipinski definition) is 6. The average molecular weight is 440 g/mol. The Morgan fingerprint density at radius 1 is 1.10 bits per heavy atom. The first-order chi connectivity index (χ1) is 14.3. The molecule has 0 bridgehead atoms. The van der Waals surface area contributed by atoms with Crippen LogP contribution in [0.2, 0.25) is 0 Å². The fourth-order valence-corrected chi connectivity index (χ4v) is 3.71. The summed E-state index contributed by atoms with van der Waals surface area (Å²) in [5.74, 6) is 1.94. The number of nitrogens with one attached hydrogen (secondary N) is 1. The fourth-order valence-electron chi connectivity index (χ4n) is 3.71. The van der Waals surface area contributed by atoms with Crippen molar-refractivity contribution in [2.75, 3.05) is 32.9 Å². The number of nitrogens with two attached hydrogens (primary N) is 1. The van der Waals surface area contributed by atoms with Gasteiger partial charge >= 0.3 is 0 Å². The van der Waals surface area contributed by atoms with Crippen LogP contribution in [0.25, 0.3) is 10.4 Å². The number of halogens is 1. The first kappa shape index (κ1) is 23.9. The number of carbonyl (C=O) groups excluding carboxylic acids is 1. The molecule has 2 aliphatic rings. The fraction of sp³-hybridized carbons (Fsp3) is 0.650. The number of azide groups is 1. The average Bonchev–Trinajstić information content (AvgIpc) is 3.39. The van der Waals surface area contributed by atoms with Gasteiger partial charge < -0.3 is 25.3 Å². The molecule has 1 aromatic carbocycles. The number of rotatable bonds is 12. The minimum Gasteiger partial charge on any atom is -0.493 e. The predicted octanol–water partition coefficient (Wildman–Crippen LogP) is 3.71. The Balaban J connectivity index is 0.00000320. The van der Waals surface area contributed by atoms with E-state index in [4.69, 9.17) is 25.5 Å². The van der Waals surface area contributed by atoms with Crippen LogP contribution in [0.1, 0.15) is 49.7 Å². The van der Waals surface area contributed by atoms with Crippen LogP contribution in [0.5, 0.6) is 17.2 Å². The molecule has 3 rings (SSSR count). The van der Waals surface area contributed by atoms with Crippen LogP contribution in [0, 0.1) is 0 Å². The summed E-state index contributed by atoms with van der Waals surface area (Å²) in [6.07, 6.45) is 6.69. The first-order valence-corrected chi connectivity index (χ1v) is 10.4. The molecule has 30 heavy (non-hydrogen) atoms. The molecule has 0 saturated heterocycles. The van der Waals surface area contributed by atoms with E-state index in [0.29, 0.717) is 69.2 Å². The monoisotopic (exact) mass is 439 g/mol. The van der Waals surface area contributed by atoms with Gasteiger partial charge in [0.2, 0.25) is 5.91 Å². The van der Waals surface area contributed by atoms with E-state index >= 15 is 0 Å². The lowest BCUT2D eigenvalue weighted by molar-refractivity contribution is -0.121. The van der Waals surface area contributed by atoms with E-state index in [9.17, 15) is 4.79 Å². The van der Waals surface area contributed by atoms with Gasteiger partial charge in [-0.25, -0.2) is 0 Å². The SMILES string of the molecule is Cl.[N-]=[N+]=Nc1c2c(c(OCCCC(=O)NCCCCCCN)c3c1OCC3)CCO2. The van der Waals surface area contributed by atoms with Crippen molar-refractivity contribution in [3.8, 4) is 17.2 Å². The van der Waals surface area contributed by atoms with Gasteiger partial charge in [0.15, 0.2) is 0 Å². The predicted molar refractivity (Wildman–Crippen MR) is 116 cm³/mol. The normalized spacial score (nSPS) is 13.2. The van der Waals surface area contributed by atoms with Gasteiger partial charge in [-0.05, 0) is 31.3 Å². The van der Waals surface area contributed by atoms with Gasteiger partial charge in [-0.3, -0.25) is 4.79 Å². The number of carbonyl (C=O) groups is 1. The molecule has 0 fully saturated rings. The van der Waals surface area contributed by atoms with E-state index < -0.39 is 0 Å². The molecule has 0 aromatic heterocycles. The van der Waals surface area contributed by atoms with E-state index in [1.54, 1.807) is 0 Å². The van der Waals surface area contributed by atoms with Gasteiger partial charge in [-0.2, -0.15) is 0 Å². The quantitative estimate of drug-likeness (QED) is 0.222. The van der Waals surface area contributed by atoms with Crippen molar-refractivity contribution in [1.29, 1.82) is 0 Å². The third-order valence-corrected chi connectivity index (χ3v) is 5.12. The molecule has 1 amide bonds. The highest BCUT2D eigenvalue weighted by atomic mass is 35.5. The second kappa shape index (κ2) is 12.4. The summed E-state index contributed by atoms with van der Waals surface area (Å²) in [6, 6.07) is 0. The van der Waals surface area contributed by atoms with Crippen LogP contribution >= 0.6 is 12.4 Å². The van der Waals surface area contributed by atoms with Gasteiger partial charge in [0.05, 0.1) is 19.8 Å². The highest BCUT2D eigenvalue weighted by molar-refractivity contribution is 5.85. The van der Waals surface area contributed by atoms with Crippen molar-refractivity contribution in [3.05, 3.63) is 21.6 Å². The Morgan fingerprint density at radius 2 is 1.77 bits per heavy atom. The largest absolute Gasteiger partial charge is 0.493 e. The molecule has 0 saturated carbocycles. The lowest BCUT2D eigenvalue weighted by Crippen LogP contribution is -2.24. The van der Waals surface area contributed by atoms with E-state index in [2.05, 4.69) is 15.3 Å². The van der Waals surface area contributed by atoms with Crippen LogP contribution in [-0.4, -0.2) is 38.8 Å². The second-order valence-electron chi connectivity index (χ2n) is 7.18. The third kappa shape index (κ3) is 5.84. The number of fused-ring (bicyclic) bond motifs is 2. The zero-order valence-electron chi connectivity index (χ0n) is 17.2. The Bertz CT molecular complexity index is 748. The van der Waals surface area contributed by atoms with E-state index in [-0.39, 0.29) is 18.3 Å². The maximum Gasteiger partial charge on any atom is 0.220 e. The molecule has 9 nitrogen and oxygen atoms in total. The zero-order chi connectivity index (χ0) is 20.5. The molecular formula is C20H30ClN5O4. The smallest absolute Gasteiger partial charge is 0.220 e. The zero-order valence-corrected chi connectivity index (χ0v) is 18.0. The number of amides is 1. The number of unbranched alkanes of at least 4 members (excludes halogenated alkanes) is 3. The molecule has 2 heterocycles. The molecule has 3 N–H and O–H groups in total. The summed E-state index contributed by atoms with van der Waals surface area (Å²) in [5, 5.41) is 6.73. The van der Waals surface area contributed by atoms with E-state index in [0.717, 1.165) is 49.1 Å². The molecular weight excluding hydrogens is 410 g/mol. The van der Waals surface area contributed by atoms with E-state index in [1.807, 2.05) is 0 Å². The number of ether oxygens (including phenoxy) is 3. The van der Waals surface area contributed by atoms with Gasteiger partial charge in [-0.15, -0.1) is 12.4 Å². The van der Waals surface area contributed by atoms with Gasteiger partial charge in [0.25, 0.3) is 0 Å². The Labute approximate surface area is 182 Å². The van der Waals surface area contributed by atoms with Gasteiger partial charge in [-0.1, -0.05) is 18.0 Å². The highest BCUT2D eigenvalue weighted by Crippen LogP contribution is 2.53. The van der Waals surface area contributed by atoms with E-state index in [1.165, 1.54) is 0 Å². The molecule has 0 aliphatic carbocycles. The first-order valence-electron chi connectivity index (χ1n) is 10.4. The van der Waals surface area contributed by atoms with Crippen LogP contribution in [0.15, 0.2) is 5.11 Å². The molecule has 1 aromatic rings. The molecule has 166 valence electrons. The third-order valence-electron chi connectivity index (χ3n) is 5.12. The number of benzene rings is 1. The molecule has 0 atom stereocenters. The molecule has 0 spiro atoms. The van der Waals surface area contributed by atoms with Crippen LogP contribution in [-0.2, 0) is 17.6 Å². The van der Waals surface area contributed by atoms with Crippen LogP contribution < -0.4 is 25.3 Å². The summed E-state index contributed by atoms with van der Waals surface area (Å²) in [4.78, 5) is 14.9. The number of nitrogens with zero attached hydrogens (tertiary/aromatic N) is 3.